The minimum absolute atomic E-state index is 0.604. The smallest absolute Gasteiger partial charge is 0.213 e. The van der Waals surface area contributed by atoms with Crippen LogP contribution < -0.4 is 15.8 Å². The molecule has 0 aliphatic rings. The van der Waals surface area contributed by atoms with Gasteiger partial charge in [0.05, 0.1) is 24.7 Å². The quantitative estimate of drug-likeness (QED) is 0.836. The Balaban J connectivity index is 2.05. The van der Waals surface area contributed by atoms with Crippen LogP contribution in [-0.4, -0.2) is 17.1 Å². The van der Waals surface area contributed by atoms with Gasteiger partial charge < -0.3 is 15.8 Å². The Labute approximate surface area is 99.7 Å². The number of nitrogens with zero attached hydrogens (tertiary/aromatic N) is 2. The summed E-state index contributed by atoms with van der Waals surface area (Å²) in [6.45, 7) is 0.660. The van der Waals surface area contributed by atoms with Gasteiger partial charge in [-0.25, -0.2) is 4.98 Å². The molecule has 0 bridgehead atoms. The molecule has 0 amide bonds. The van der Waals surface area contributed by atoms with E-state index in [1.165, 1.54) is 0 Å². The monoisotopic (exact) mass is 230 g/mol. The summed E-state index contributed by atoms with van der Waals surface area (Å²) in [5, 5.41) is 3.23. The summed E-state index contributed by atoms with van der Waals surface area (Å²) >= 11 is 0. The summed E-state index contributed by atoms with van der Waals surface area (Å²) in [5.74, 6) is 0.604. The minimum Gasteiger partial charge on any atom is -0.481 e. The van der Waals surface area contributed by atoms with E-state index < -0.39 is 0 Å². The number of hydrogen-bond donors (Lipinski definition) is 2. The number of nitrogens with two attached hydrogens (primary N) is 1. The largest absolute Gasteiger partial charge is 0.481 e. The summed E-state index contributed by atoms with van der Waals surface area (Å²) in [4.78, 5) is 7.98. The van der Waals surface area contributed by atoms with E-state index in [0.717, 1.165) is 11.3 Å². The minimum atomic E-state index is 0.604. The van der Waals surface area contributed by atoms with Gasteiger partial charge in [0.2, 0.25) is 5.88 Å². The number of rotatable bonds is 4. The van der Waals surface area contributed by atoms with Crippen molar-refractivity contribution in [3.63, 3.8) is 0 Å². The molecule has 5 heteroatoms. The summed E-state index contributed by atoms with van der Waals surface area (Å²) in [7, 11) is 1.60. The average molecular weight is 230 g/mol. The van der Waals surface area contributed by atoms with Crippen molar-refractivity contribution in [1.82, 2.24) is 9.97 Å². The summed E-state index contributed by atoms with van der Waals surface area (Å²) in [5.41, 5.74) is 8.36. The van der Waals surface area contributed by atoms with E-state index in [9.17, 15) is 0 Å². The molecule has 2 aromatic heterocycles. The number of pyridine rings is 2. The first-order valence-electron chi connectivity index (χ1n) is 5.22. The molecule has 0 aliphatic carbocycles. The fourth-order valence-corrected chi connectivity index (χ4v) is 1.44. The topological polar surface area (TPSA) is 73.1 Å². The van der Waals surface area contributed by atoms with Crippen LogP contribution in [0.3, 0.4) is 0 Å². The highest BCUT2D eigenvalue weighted by atomic mass is 16.5. The van der Waals surface area contributed by atoms with Gasteiger partial charge in [-0.2, -0.15) is 0 Å². The Morgan fingerprint density at radius 1 is 1.35 bits per heavy atom. The molecule has 0 saturated heterocycles. The highest BCUT2D eigenvalue weighted by Crippen LogP contribution is 2.17. The van der Waals surface area contributed by atoms with Gasteiger partial charge in [0, 0.05) is 25.0 Å². The lowest BCUT2D eigenvalue weighted by Crippen LogP contribution is -2.03. The predicted octanol–water partition coefficient (Wildman–Crippen LogP) is 1.68. The first-order valence-corrected chi connectivity index (χ1v) is 5.22. The van der Waals surface area contributed by atoms with Gasteiger partial charge in [0.15, 0.2) is 0 Å². The Kier molecular flexibility index (Phi) is 3.40. The predicted molar refractivity (Wildman–Crippen MR) is 66.8 cm³/mol. The van der Waals surface area contributed by atoms with Crippen LogP contribution in [0.2, 0.25) is 0 Å². The molecule has 0 aliphatic heterocycles. The number of ether oxygens (including phenoxy) is 1. The molecule has 0 fully saturated rings. The van der Waals surface area contributed by atoms with E-state index in [0.29, 0.717) is 18.1 Å². The van der Waals surface area contributed by atoms with Crippen molar-refractivity contribution >= 4 is 11.4 Å². The zero-order valence-corrected chi connectivity index (χ0v) is 9.55. The maximum Gasteiger partial charge on any atom is 0.213 e. The average Bonchev–Trinajstić information content (AvgIpc) is 2.38. The maximum atomic E-state index is 5.78. The van der Waals surface area contributed by atoms with Crippen LogP contribution in [0.25, 0.3) is 0 Å². The SMILES string of the molecule is COc1cc(CNc2ccncc2N)ccn1. The van der Waals surface area contributed by atoms with Crippen molar-refractivity contribution in [2.75, 3.05) is 18.2 Å². The molecule has 0 radical (unpaired) electrons. The third kappa shape index (κ3) is 2.84. The molecule has 0 aromatic carbocycles. The third-order valence-electron chi connectivity index (χ3n) is 2.34. The van der Waals surface area contributed by atoms with Crippen LogP contribution in [0.5, 0.6) is 5.88 Å². The molecule has 3 N–H and O–H groups in total. The van der Waals surface area contributed by atoms with E-state index in [2.05, 4.69) is 15.3 Å². The van der Waals surface area contributed by atoms with Crippen molar-refractivity contribution in [2.45, 2.75) is 6.54 Å². The molecule has 88 valence electrons. The van der Waals surface area contributed by atoms with Crippen LogP contribution in [0.1, 0.15) is 5.56 Å². The highest BCUT2D eigenvalue weighted by Gasteiger charge is 1.99. The molecule has 0 saturated carbocycles. The number of anilines is 2. The lowest BCUT2D eigenvalue weighted by molar-refractivity contribution is 0.397. The van der Waals surface area contributed by atoms with Crippen molar-refractivity contribution in [1.29, 1.82) is 0 Å². The molecule has 5 nitrogen and oxygen atoms in total. The Morgan fingerprint density at radius 3 is 3.00 bits per heavy atom. The standard InChI is InChI=1S/C12H14N4O/c1-17-12-6-9(2-5-15-12)7-16-11-3-4-14-8-10(11)13/h2-6,8H,7,13H2,1H3,(H,14,16). The molecule has 17 heavy (non-hydrogen) atoms. The number of hydrogen-bond acceptors (Lipinski definition) is 5. The summed E-state index contributed by atoms with van der Waals surface area (Å²) in [6.07, 6.45) is 5.03. The maximum absolute atomic E-state index is 5.78. The third-order valence-corrected chi connectivity index (χ3v) is 2.34. The van der Waals surface area contributed by atoms with Crippen LogP contribution in [0.4, 0.5) is 11.4 Å². The van der Waals surface area contributed by atoms with Gasteiger partial charge in [0.25, 0.3) is 0 Å². The first kappa shape index (κ1) is 11.2. The Bertz CT molecular complexity index is 501. The molecular weight excluding hydrogens is 216 g/mol. The summed E-state index contributed by atoms with van der Waals surface area (Å²) in [6, 6.07) is 5.64. The van der Waals surface area contributed by atoms with E-state index in [4.69, 9.17) is 10.5 Å². The molecule has 2 heterocycles. The van der Waals surface area contributed by atoms with E-state index >= 15 is 0 Å². The van der Waals surface area contributed by atoms with Gasteiger partial charge >= 0.3 is 0 Å². The van der Waals surface area contributed by atoms with E-state index in [1.807, 2.05) is 18.2 Å². The van der Waals surface area contributed by atoms with Crippen LogP contribution in [0.15, 0.2) is 36.8 Å². The second-order valence-electron chi connectivity index (χ2n) is 3.52. The lowest BCUT2D eigenvalue weighted by atomic mass is 10.2. The molecule has 0 unspecified atom stereocenters. The molecule has 2 rings (SSSR count). The first-order chi connectivity index (χ1) is 8.29. The van der Waals surface area contributed by atoms with Crippen LogP contribution >= 0.6 is 0 Å². The van der Waals surface area contributed by atoms with Gasteiger partial charge in [-0.15, -0.1) is 0 Å². The van der Waals surface area contributed by atoms with Crippen LogP contribution in [-0.2, 0) is 6.54 Å². The van der Waals surface area contributed by atoms with Gasteiger partial charge in [-0.05, 0) is 17.7 Å². The zero-order chi connectivity index (χ0) is 12.1. The second-order valence-corrected chi connectivity index (χ2v) is 3.52. The number of nitrogens with one attached hydrogen (secondary N) is 1. The number of methoxy groups -OCH3 is 1. The molecule has 0 atom stereocenters. The van der Waals surface area contributed by atoms with Gasteiger partial charge in [-0.3, -0.25) is 4.98 Å². The fourth-order valence-electron chi connectivity index (χ4n) is 1.44. The van der Waals surface area contributed by atoms with E-state index in [1.54, 1.807) is 25.7 Å². The van der Waals surface area contributed by atoms with Crippen molar-refractivity contribution in [3.8, 4) is 5.88 Å². The Hall–Kier alpha value is -2.30. The highest BCUT2D eigenvalue weighted by molar-refractivity contribution is 5.64. The number of nitrogen functional groups attached to an aromatic ring is 1. The Morgan fingerprint density at radius 2 is 2.24 bits per heavy atom. The second kappa shape index (κ2) is 5.16. The fraction of sp³-hybridized carbons (Fsp3) is 0.167. The lowest BCUT2D eigenvalue weighted by Gasteiger charge is -2.09. The number of aromatic nitrogens is 2. The molecular formula is C12H14N4O. The molecule has 2 aromatic rings. The van der Waals surface area contributed by atoms with Crippen molar-refractivity contribution < 1.29 is 4.74 Å². The van der Waals surface area contributed by atoms with Crippen molar-refractivity contribution in [3.05, 3.63) is 42.4 Å². The van der Waals surface area contributed by atoms with Crippen molar-refractivity contribution in [2.24, 2.45) is 0 Å². The molecule has 0 spiro atoms. The summed E-state index contributed by atoms with van der Waals surface area (Å²) < 4.78 is 5.06. The van der Waals surface area contributed by atoms with E-state index in [-0.39, 0.29) is 0 Å². The van der Waals surface area contributed by atoms with Gasteiger partial charge in [-0.1, -0.05) is 0 Å². The van der Waals surface area contributed by atoms with Crippen LogP contribution in [0, 0.1) is 0 Å². The zero-order valence-electron chi connectivity index (χ0n) is 9.55. The normalized spacial score (nSPS) is 9.94. The van der Waals surface area contributed by atoms with Gasteiger partial charge in [0.1, 0.15) is 0 Å².